The number of alkyl halides is 3. The van der Waals surface area contributed by atoms with Gasteiger partial charge in [0.1, 0.15) is 11.8 Å². The van der Waals surface area contributed by atoms with E-state index in [9.17, 15) is 18.0 Å². The number of hydrogen-bond donors (Lipinski definition) is 1. The molecule has 0 aliphatic rings. The van der Waals surface area contributed by atoms with Gasteiger partial charge in [0.05, 0.1) is 19.8 Å². The highest BCUT2D eigenvalue weighted by molar-refractivity contribution is 5.78. The molecule has 0 spiro atoms. The van der Waals surface area contributed by atoms with Crippen LogP contribution in [0.5, 0.6) is 5.75 Å². The van der Waals surface area contributed by atoms with E-state index in [0.717, 1.165) is 12.1 Å². The fraction of sp³-hybridized carbons (Fsp3) is 0.417. The Kier molecular flexibility index (Phi) is 4.63. The van der Waals surface area contributed by atoms with Crippen molar-refractivity contribution < 1.29 is 27.4 Å². The molecule has 0 saturated heterocycles. The summed E-state index contributed by atoms with van der Waals surface area (Å²) in [6, 6.07) is 2.39. The van der Waals surface area contributed by atoms with Crippen molar-refractivity contribution in [3.63, 3.8) is 0 Å². The summed E-state index contributed by atoms with van der Waals surface area (Å²) in [6.45, 7) is 1.48. The van der Waals surface area contributed by atoms with Gasteiger partial charge in [-0.05, 0) is 19.1 Å². The number of hydrogen-bond acceptors (Lipinski definition) is 4. The molecule has 0 saturated carbocycles. The Bertz CT molecular complexity index is 460. The lowest BCUT2D eigenvalue weighted by molar-refractivity contribution is -0.141. The quantitative estimate of drug-likeness (QED) is 0.860. The molecule has 7 heteroatoms. The van der Waals surface area contributed by atoms with Gasteiger partial charge in [0.25, 0.3) is 0 Å². The van der Waals surface area contributed by atoms with E-state index in [1.165, 1.54) is 27.2 Å². The normalized spacial score (nSPS) is 12.7. The predicted octanol–water partition coefficient (Wildman–Crippen LogP) is 2.69. The van der Waals surface area contributed by atoms with Crippen LogP contribution < -0.4 is 10.1 Å². The Morgan fingerprint density at radius 2 is 1.89 bits per heavy atom. The molecule has 1 unspecified atom stereocenters. The lowest BCUT2D eigenvalue weighted by atomic mass is 10.1. The molecule has 106 valence electrons. The van der Waals surface area contributed by atoms with Crippen LogP contribution in [0.4, 0.5) is 18.9 Å². The Morgan fingerprint density at radius 1 is 1.26 bits per heavy atom. The number of carbonyl (C=O) groups is 1. The highest BCUT2D eigenvalue weighted by Crippen LogP contribution is 2.34. The zero-order valence-corrected chi connectivity index (χ0v) is 10.7. The SMILES string of the molecule is COC(=O)C(C)Nc1cc(OC)cc(C(F)(F)F)c1. The zero-order valence-electron chi connectivity index (χ0n) is 10.7. The molecule has 0 heterocycles. The van der Waals surface area contributed by atoms with E-state index >= 15 is 0 Å². The fourth-order valence-electron chi connectivity index (χ4n) is 1.45. The average molecular weight is 277 g/mol. The van der Waals surface area contributed by atoms with Crippen molar-refractivity contribution in [3.8, 4) is 5.75 Å². The number of anilines is 1. The van der Waals surface area contributed by atoms with Gasteiger partial charge in [-0.2, -0.15) is 13.2 Å². The second-order valence-corrected chi connectivity index (χ2v) is 3.84. The molecular formula is C12H14F3NO3. The van der Waals surface area contributed by atoms with Crippen molar-refractivity contribution >= 4 is 11.7 Å². The predicted molar refractivity (Wildman–Crippen MR) is 63.1 cm³/mol. The van der Waals surface area contributed by atoms with Crippen LogP contribution in [0.1, 0.15) is 12.5 Å². The van der Waals surface area contributed by atoms with Gasteiger partial charge >= 0.3 is 12.1 Å². The summed E-state index contributed by atoms with van der Waals surface area (Å²) >= 11 is 0. The molecule has 1 atom stereocenters. The monoisotopic (exact) mass is 277 g/mol. The lowest BCUT2D eigenvalue weighted by Gasteiger charge is -2.16. The summed E-state index contributed by atoms with van der Waals surface area (Å²) < 4.78 is 47.3. The third-order valence-electron chi connectivity index (χ3n) is 2.41. The van der Waals surface area contributed by atoms with E-state index in [1.54, 1.807) is 0 Å². The van der Waals surface area contributed by atoms with Gasteiger partial charge in [0.15, 0.2) is 0 Å². The van der Waals surface area contributed by atoms with E-state index in [4.69, 9.17) is 4.74 Å². The summed E-state index contributed by atoms with van der Waals surface area (Å²) in [5.41, 5.74) is -0.726. The third-order valence-corrected chi connectivity index (χ3v) is 2.41. The van der Waals surface area contributed by atoms with Crippen LogP contribution in [0.25, 0.3) is 0 Å². The first-order valence-electron chi connectivity index (χ1n) is 5.38. The standard InChI is InChI=1S/C12H14F3NO3/c1-7(11(17)19-3)16-9-4-8(12(13,14)15)5-10(6-9)18-2/h4-7,16H,1-3H3. The number of rotatable bonds is 4. The Hall–Kier alpha value is -1.92. The summed E-state index contributed by atoms with van der Waals surface area (Å²) in [5, 5.41) is 2.63. The van der Waals surface area contributed by atoms with E-state index < -0.39 is 23.8 Å². The molecule has 1 rings (SSSR count). The Labute approximate surface area is 108 Å². The number of halogens is 3. The zero-order chi connectivity index (χ0) is 14.6. The van der Waals surface area contributed by atoms with Crippen molar-refractivity contribution in [2.75, 3.05) is 19.5 Å². The molecule has 1 aromatic rings. The molecule has 0 bridgehead atoms. The first kappa shape index (κ1) is 15.1. The van der Waals surface area contributed by atoms with Gasteiger partial charge in [0, 0.05) is 11.8 Å². The first-order valence-corrected chi connectivity index (χ1v) is 5.38. The van der Waals surface area contributed by atoms with Gasteiger partial charge in [-0.1, -0.05) is 0 Å². The van der Waals surface area contributed by atoms with Crippen LogP contribution in [0.3, 0.4) is 0 Å². The van der Waals surface area contributed by atoms with Crippen LogP contribution in [0.2, 0.25) is 0 Å². The number of benzene rings is 1. The van der Waals surface area contributed by atoms with Crippen molar-refractivity contribution in [2.45, 2.75) is 19.1 Å². The molecule has 1 N–H and O–H groups in total. The molecular weight excluding hydrogens is 263 g/mol. The largest absolute Gasteiger partial charge is 0.497 e. The highest BCUT2D eigenvalue weighted by Gasteiger charge is 2.31. The highest BCUT2D eigenvalue weighted by atomic mass is 19.4. The lowest BCUT2D eigenvalue weighted by Crippen LogP contribution is -2.27. The van der Waals surface area contributed by atoms with Crippen molar-refractivity contribution in [3.05, 3.63) is 23.8 Å². The van der Waals surface area contributed by atoms with Crippen molar-refractivity contribution in [2.24, 2.45) is 0 Å². The van der Waals surface area contributed by atoms with Crippen LogP contribution in [0, 0.1) is 0 Å². The minimum absolute atomic E-state index is 0.0504. The summed E-state index contributed by atoms with van der Waals surface area (Å²) in [5.74, 6) is -0.522. The molecule has 1 aromatic carbocycles. The average Bonchev–Trinajstić information content (AvgIpc) is 2.36. The molecule has 0 aliphatic carbocycles. The summed E-state index contributed by atoms with van der Waals surface area (Å²) in [6.07, 6.45) is -4.49. The van der Waals surface area contributed by atoms with Crippen LogP contribution >= 0.6 is 0 Å². The topological polar surface area (TPSA) is 47.6 Å². The van der Waals surface area contributed by atoms with Gasteiger partial charge < -0.3 is 14.8 Å². The molecule has 0 radical (unpaired) electrons. The minimum Gasteiger partial charge on any atom is -0.497 e. The van der Waals surface area contributed by atoms with Crippen molar-refractivity contribution in [1.82, 2.24) is 0 Å². The Morgan fingerprint density at radius 3 is 2.37 bits per heavy atom. The summed E-state index contributed by atoms with van der Waals surface area (Å²) in [4.78, 5) is 11.2. The summed E-state index contributed by atoms with van der Waals surface area (Å²) in [7, 11) is 2.47. The van der Waals surface area contributed by atoms with E-state index in [0.29, 0.717) is 0 Å². The first-order chi connectivity index (χ1) is 8.77. The second kappa shape index (κ2) is 5.81. The van der Waals surface area contributed by atoms with Gasteiger partial charge in [0.2, 0.25) is 0 Å². The molecule has 0 aliphatic heterocycles. The molecule has 0 aromatic heterocycles. The maximum atomic E-state index is 12.7. The maximum Gasteiger partial charge on any atom is 0.416 e. The van der Waals surface area contributed by atoms with Gasteiger partial charge in [-0.25, -0.2) is 4.79 Å². The van der Waals surface area contributed by atoms with E-state index in [1.807, 2.05) is 0 Å². The number of esters is 1. The number of carbonyl (C=O) groups excluding carboxylic acids is 1. The van der Waals surface area contributed by atoms with Crippen molar-refractivity contribution in [1.29, 1.82) is 0 Å². The smallest absolute Gasteiger partial charge is 0.416 e. The minimum atomic E-state index is -4.49. The number of methoxy groups -OCH3 is 2. The second-order valence-electron chi connectivity index (χ2n) is 3.84. The maximum absolute atomic E-state index is 12.7. The van der Waals surface area contributed by atoms with Crippen LogP contribution in [-0.2, 0) is 15.7 Å². The van der Waals surface area contributed by atoms with E-state index in [-0.39, 0.29) is 11.4 Å². The molecule has 0 amide bonds. The molecule has 19 heavy (non-hydrogen) atoms. The van der Waals surface area contributed by atoms with Gasteiger partial charge in [-0.15, -0.1) is 0 Å². The third kappa shape index (κ3) is 4.04. The number of nitrogens with one attached hydrogen (secondary N) is 1. The molecule has 0 fully saturated rings. The number of ether oxygens (including phenoxy) is 2. The van der Waals surface area contributed by atoms with E-state index in [2.05, 4.69) is 10.1 Å². The fourth-order valence-corrected chi connectivity index (χ4v) is 1.45. The Balaban J connectivity index is 3.04. The van der Waals surface area contributed by atoms with Gasteiger partial charge in [-0.3, -0.25) is 0 Å². The van der Waals surface area contributed by atoms with Crippen LogP contribution in [-0.4, -0.2) is 26.2 Å². The van der Waals surface area contributed by atoms with Crippen LogP contribution in [0.15, 0.2) is 18.2 Å². The molecule has 4 nitrogen and oxygen atoms in total.